The molecular formula is C22H24N2O4S. The minimum Gasteiger partial charge on any atom is -0.504 e. The summed E-state index contributed by atoms with van der Waals surface area (Å²) >= 11 is 1.63. The van der Waals surface area contributed by atoms with Crippen molar-refractivity contribution in [1.29, 1.82) is 0 Å². The molecule has 0 aliphatic carbocycles. The number of fused-ring (bicyclic) bond motifs is 1. The van der Waals surface area contributed by atoms with Crippen LogP contribution in [0.4, 0.5) is 0 Å². The van der Waals surface area contributed by atoms with Crippen molar-refractivity contribution in [3.8, 4) is 22.8 Å². The largest absolute Gasteiger partial charge is 0.504 e. The lowest BCUT2D eigenvalue weighted by Gasteiger charge is -2.35. The van der Waals surface area contributed by atoms with Crippen molar-refractivity contribution in [2.75, 3.05) is 39.5 Å². The molecule has 1 atom stereocenters. The van der Waals surface area contributed by atoms with Crippen LogP contribution in [0.5, 0.6) is 11.5 Å². The highest BCUT2D eigenvalue weighted by molar-refractivity contribution is 7.99. The summed E-state index contributed by atoms with van der Waals surface area (Å²) in [4.78, 5) is 14.3. The number of nitrogens with one attached hydrogen (secondary N) is 1. The molecule has 1 fully saturated rings. The third-order valence-electron chi connectivity index (χ3n) is 5.36. The first kappa shape index (κ1) is 19.8. The van der Waals surface area contributed by atoms with Crippen LogP contribution >= 0.6 is 11.8 Å². The number of rotatable bonds is 6. The number of aldehydes is 1. The van der Waals surface area contributed by atoms with E-state index in [4.69, 9.17) is 9.15 Å². The van der Waals surface area contributed by atoms with E-state index >= 15 is 0 Å². The Balaban J connectivity index is 1.78. The van der Waals surface area contributed by atoms with E-state index in [1.54, 1.807) is 23.9 Å². The number of furan rings is 1. The second-order valence-corrected chi connectivity index (χ2v) is 7.80. The van der Waals surface area contributed by atoms with Crippen molar-refractivity contribution in [1.82, 2.24) is 10.2 Å². The second-order valence-electron chi connectivity index (χ2n) is 6.99. The predicted molar refractivity (Wildman–Crippen MR) is 115 cm³/mol. The molecule has 4 rings (SSSR count). The van der Waals surface area contributed by atoms with Crippen molar-refractivity contribution < 1.29 is 19.1 Å². The first-order chi connectivity index (χ1) is 14.2. The van der Waals surface area contributed by atoms with Gasteiger partial charge in [-0.05, 0) is 42.2 Å². The molecule has 0 amide bonds. The third kappa shape index (κ3) is 3.73. The summed E-state index contributed by atoms with van der Waals surface area (Å²) in [5, 5.41) is 14.4. The van der Waals surface area contributed by atoms with E-state index in [9.17, 15) is 9.90 Å². The monoisotopic (exact) mass is 412 g/mol. The van der Waals surface area contributed by atoms with Crippen LogP contribution in [0.25, 0.3) is 22.3 Å². The SMILES string of the molecule is COc1cc(-c2oc3ccc(C4CNCCN4CC=O)cc3c2SC)ccc1O. The molecule has 152 valence electrons. The molecule has 0 spiro atoms. The first-order valence-corrected chi connectivity index (χ1v) is 10.7. The van der Waals surface area contributed by atoms with Crippen molar-refractivity contribution in [3.05, 3.63) is 42.0 Å². The van der Waals surface area contributed by atoms with E-state index in [2.05, 4.69) is 22.3 Å². The van der Waals surface area contributed by atoms with Crippen LogP contribution in [0, 0.1) is 0 Å². The number of thioether (sulfide) groups is 1. The normalized spacial score (nSPS) is 17.5. The number of hydrogen-bond donors (Lipinski definition) is 2. The number of benzene rings is 2. The molecule has 1 aliphatic rings. The number of nitrogens with zero attached hydrogens (tertiary/aromatic N) is 1. The van der Waals surface area contributed by atoms with Crippen molar-refractivity contribution in [2.45, 2.75) is 10.9 Å². The summed E-state index contributed by atoms with van der Waals surface area (Å²) in [6, 6.07) is 11.6. The molecule has 0 saturated carbocycles. The fourth-order valence-electron chi connectivity index (χ4n) is 3.90. The second kappa shape index (κ2) is 8.49. The number of piperazine rings is 1. The van der Waals surface area contributed by atoms with Gasteiger partial charge in [0.25, 0.3) is 0 Å². The Hall–Kier alpha value is -2.48. The van der Waals surface area contributed by atoms with Gasteiger partial charge in [-0.25, -0.2) is 0 Å². The maximum Gasteiger partial charge on any atom is 0.161 e. The molecule has 1 aliphatic heterocycles. The van der Waals surface area contributed by atoms with Gasteiger partial charge in [-0.15, -0.1) is 11.8 Å². The zero-order valence-electron chi connectivity index (χ0n) is 16.5. The number of hydrogen-bond acceptors (Lipinski definition) is 7. The minimum atomic E-state index is 0.0976. The van der Waals surface area contributed by atoms with Crippen LogP contribution < -0.4 is 10.1 Å². The fourth-order valence-corrected chi connectivity index (χ4v) is 4.63. The zero-order valence-corrected chi connectivity index (χ0v) is 17.3. The molecule has 3 aromatic rings. The van der Waals surface area contributed by atoms with Crippen LogP contribution in [-0.2, 0) is 4.79 Å². The zero-order chi connectivity index (χ0) is 20.4. The summed E-state index contributed by atoms with van der Waals surface area (Å²) in [5.41, 5.74) is 2.83. The summed E-state index contributed by atoms with van der Waals surface area (Å²) < 4.78 is 11.4. The standard InChI is InChI=1S/C22H24N2O4S/c1-27-20-12-15(3-5-18(20)26)21-22(29-2)16-11-14(4-6-19(16)28-21)17-13-23-7-8-24(17)9-10-25/h3-6,10-12,17,23,26H,7-9,13H2,1-2H3. The summed E-state index contributed by atoms with van der Waals surface area (Å²) in [6.07, 6.45) is 3.00. The Bertz CT molecular complexity index is 1030. The fraction of sp³-hybridized carbons (Fsp3) is 0.318. The van der Waals surface area contributed by atoms with Crippen molar-refractivity contribution in [2.24, 2.45) is 0 Å². The number of ether oxygens (including phenoxy) is 1. The van der Waals surface area contributed by atoms with Crippen LogP contribution in [0.3, 0.4) is 0 Å². The van der Waals surface area contributed by atoms with Gasteiger partial charge in [0.1, 0.15) is 17.6 Å². The molecule has 1 unspecified atom stereocenters. The Labute approximate surface area is 173 Å². The maximum atomic E-state index is 11.1. The number of carbonyl (C=O) groups is 1. The molecule has 2 heterocycles. The smallest absolute Gasteiger partial charge is 0.161 e. The van der Waals surface area contributed by atoms with Gasteiger partial charge in [-0.3, -0.25) is 4.90 Å². The molecule has 6 nitrogen and oxygen atoms in total. The van der Waals surface area contributed by atoms with Gasteiger partial charge in [0.2, 0.25) is 0 Å². The van der Waals surface area contributed by atoms with Crippen LogP contribution in [-0.4, -0.2) is 55.8 Å². The lowest BCUT2D eigenvalue weighted by molar-refractivity contribution is -0.109. The molecule has 2 aromatic carbocycles. The molecule has 2 N–H and O–H groups in total. The molecule has 1 saturated heterocycles. The average Bonchev–Trinajstić information content (AvgIpc) is 3.12. The average molecular weight is 413 g/mol. The molecule has 7 heteroatoms. The maximum absolute atomic E-state index is 11.1. The first-order valence-electron chi connectivity index (χ1n) is 9.52. The Morgan fingerprint density at radius 1 is 1.34 bits per heavy atom. The van der Waals surface area contributed by atoms with Crippen LogP contribution in [0.1, 0.15) is 11.6 Å². The van der Waals surface area contributed by atoms with Gasteiger partial charge in [-0.2, -0.15) is 0 Å². The minimum absolute atomic E-state index is 0.0976. The van der Waals surface area contributed by atoms with E-state index < -0.39 is 0 Å². The highest BCUT2D eigenvalue weighted by Gasteiger charge is 2.25. The Morgan fingerprint density at radius 2 is 2.21 bits per heavy atom. The van der Waals surface area contributed by atoms with Gasteiger partial charge in [0.15, 0.2) is 11.5 Å². The Kier molecular flexibility index (Phi) is 5.80. The molecule has 1 aromatic heterocycles. The highest BCUT2D eigenvalue weighted by atomic mass is 32.2. The lowest BCUT2D eigenvalue weighted by atomic mass is 10.0. The predicted octanol–water partition coefficient (Wildman–Crippen LogP) is 3.68. The number of phenolic OH excluding ortho intramolecular Hbond substituents is 1. The molecule has 29 heavy (non-hydrogen) atoms. The van der Waals surface area contributed by atoms with E-state index in [0.717, 1.165) is 58.7 Å². The van der Waals surface area contributed by atoms with E-state index in [1.807, 2.05) is 18.4 Å². The number of methoxy groups -OCH3 is 1. The van der Waals surface area contributed by atoms with Crippen LogP contribution in [0.2, 0.25) is 0 Å². The van der Waals surface area contributed by atoms with Gasteiger partial charge in [0, 0.05) is 36.6 Å². The van der Waals surface area contributed by atoms with E-state index in [1.165, 1.54) is 7.11 Å². The highest BCUT2D eigenvalue weighted by Crippen LogP contribution is 2.42. The number of aromatic hydroxyl groups is 1. The van der Waals surface area contributed by atoms with Crippen molar-refractivity contribution in [3.63, 3.8) is 0 Å². The summed E-state index contributed by atoms with van der Waals surface area (Å²) in [5.74, 6) is 1.27. The summed E-state index contributed by atoms with van der Waals surface area (Å²) in [6.45, 7) is 2.99. The van der Waals surface area contributed by atoms with E-state index in [0.29, 0.717) is 12.3 Å². The van der Waals surface area contributed by atoms with Gasteiger partial charge in [-0.1, -0.05) is 6.07 Å². The quantitative estimate of drug-likeness (QED) is 0.472. The molecule has 0 bridgehead atoms. The topological polar surface area (TPSA) is 74.9 Å². The van der Waals surface area contributed by atoms with Gasteiger partial charge in [0.05, 0.1) is 18.6 Å². The number of carbonyl (C=O) groups excluding carboxylic acids is 1. The van der Waals surface area contributed by atoms with Crippen LogP contribution in [0.15, 0.2) is 45.7 Å². The third-order valence-corrected chi connectivity index (χ3v) is 6.17. The lowest BCUT2D eigenvalue weighted by Crippen LogP contribution is -2.46. The van der Waals surface area contributed by atoms with Gasteiger partial charge >= 0.3 is 0 Å². The molecule has 0 radical (unpaired) electrons. The van der Waals surface area contributed by atoms with E-state index in [-0.39, 0.29) is 11.8 Å². The Morgan fingerprint density at radius 3 is 2.97 bits per heavy atom. The summed E-state index contributed by atoms with van der Waals surface area (Å²) in [7, 11) is 1.53. The molecular weight excluding hydrogens is 388 g/mol. The number of phenols is 1. The van der Waals surface area contributed by atoms with Gasteiger partial charge < -0.3 is 24.4 Å². The van der Waals surface area contributed by atoms with Crippen molar-refractivity contribution >= 4 is 29.0 Å².